The van der Waals surface area contributed by atoms with E-state index in [0.29, 0.717) is 0 Å². The van der Waals surface area contributed by atoms with E-state index < -0.39 is 0 Å². The van der Waals surface area contributed by atoms with Crippen molar-refractivity contribution in [3.8, 4) is 0 Å². The number of aryl methyl sites for hydroxylation is 1. The lowest BCUT2D eigenvalue weighted by atomic mass is 10.2. The molecule has 0 bridgehead atoms. The molecule has 92 valence electrons. The van der Waals surface area contributed by atoms with E-state index >= 15 is 0 Å². The Balaban J connectivity index is 2.58. The van der Waals surface area contributed by atoms with Crippen molar-refractivity contribution in [1.82, 2.24) is 25.2 Å². The second-order valence-corrected chi connectivity index (χ2v) is 4.25. The molecular weight excluding hydrogens is 202 g/mol. The topological polar surface area (TPSA) is 46.0 Å². The first-order chi connectivity index (χ1) is 7.69. The third kappa shape index (κ3) is 3.57. The van der Waals surface area contributed by atoms with Crippen molar-refractivity contribution >= 4 is 0 Å². The standard InChI is InChI=1S/C11H23N5/c1-5-11-10(9-12-2)13-14-16(11)8-6-7-15(3)4/h12H,5-9H2,1-4H3. The Labute approximate surface area is 97.8 Å². The van der Waals surface area contributed by atoms with Gasteiger partial charge in [-0.15, -0.1) is 5.10 Å². The van der Waals surface area contributed by atoms with Crippen LogP contribution in [0, 0.1) is 0 Å². The Bertz CT molecular complexity index is 305. The highest BCUT2D eigenvalue weighted by molar-refractivity contribution is 5.09. The molecule has 0 aliphatic rings. The van der Waals surface area contributed by atoms with Crippen LogP contribution >= 0.6 is 0 Å². The summed E-state index contributed by atoms with van der Waals surface area (Å²) < 4.78 is 2.04. The number of rotatable bonds is 7. The van der Waals surface area contributed by atoms with Gasteiger partial charge >= 0.3 is 0 Å². The second-order valence-electron chi connectivity index (χ2n) is 4.25. The molecule has 1 aromatic rings. The van der Waals surface area contributed by atoms with Gasteiger partial charge in [0.05, 0.1) is 11.4 Å². The van der Waals surface area contributed by atoms with E-state index in [2.05, 4.69) is 41.5 Å². The summed E-state index contributed by atoms with van der Waals surface area (Å²) in [4.78, 5) is 2.19. The fourth-order valence-electron chi connectivity index (χ4n) is 1.78. The molecule has 0 amide bonds. The van der Waals surface area contributed by atoms with E-state index in [-0.39, 0.29) is 0 Å². The van der Waals surface area contributed by atoms with Crippen LogP contribution in [0.2, 0.25) is 0 Å². The molecule has 1 heterocycles. The van der Waals surface area contributed by atoms with E-state index in [9.17, 15) is 0 Å². The molecule has 0 aromatic carbocycles. The zero-order chi connectivity index (χ0) is 12.0. The number of nitrogens with one attached hydrogen (secondary N) is 1. The van der Waals surface area contributed by atoms with E-state index in [4.69, 9.17) is 0 Å². The maximum atomic E-state index is 4.21. The molecule has 0 saturated heterocycles. The third-order valence-electron chi connectivity index (χ3n) is 2.57. The summed E-state index contributed by atoms with van der Waals surface area (Å²) in [6.45, 7) is 5.00. The van der Waals surface area contributed by atoms with Gasteiger partial charge in [0.25, 0.3) is 0 Å². The van der Waals surface area contributed by atoms with Crippen molar-refractivity contribution in [3.05, 3.63) is 11.4 Å². The van der Waals surface area contributed by atoms with Gasteiger partial charge in [-0.2, -0.15) is 0 Å². The van der Waals surface area contributed by atoms with E-state index in [1.807, 2.05) is 11.7 Å². The van der Waals surface area contributed by atoms with Crippen LogP contribution in [0.5, 0.6) is 0 Å². The van der Waals surface area contributed by atoms with Crippen molar-refractivity contribution in [2.45, 2.75) is 32.9 Å². The quantitative estimate of drug-likeness (QED) is 0.734. The number of hydrogen-bond acceptors (Lipinski definition) is 4. The minimum atomic E-state index is 0.802. The smallest absolute Gasteiger partial charge is 0.0996 e. The van der Waals surface area contributed by atoms with Crippen molar-refractivity contribution in [2.24, 2.45) is 0 Å². The van der Waals surface area contributed by atoms with E-state index in [0.717, 1.165) is 38.2 Å². The highest BCUT2D eigenvalue weighted by atomic mass is 15.4. The lowest BCUT2D eigenvalue weighted by molar-refractivity contribution is 0.377. The molecule has 0 atom stereocenters. The molecule has 1 aromatic heterocycles. The van der Waals surface area contributed by atoms with Crippen LogP contribution in [-0.4, -0.2) is 47.6 Å². The van der Waals surface area contributed by atoms with Crippen molar-refractivity contribution in [1.29, 1.82) is 0 Å². The van der Waals surface area contributed by atoms with E-state index in [1.165, 1.54) is 5.69 Å². The average Bonchev–Trinajstić information content (AvgIpc) is 2.61. The predicted molar refractivity (Wildman–Crippen MR) is 65.3 cm³/mol. The van der Waals surface area contributed by atoms with Crippen LogP contribution in [0.4, 0.5) is 0 Å². The summed E-state index contributed by atoms with van der Waals surface area (Å²) >= 11 is 0. The van der Waals surface area contributed by atoms with Gasteiger partial charge in [-0.25, -0.2) is 4.68 Å². The minimum absolute atomic E-state index is 0.802. The maximum Gasteiger partial charge on any atom is 0.0996 e. The van der Waals surface area contributed by atoms with Gasteiger partial charge in [-0.1, -0.05) is 12.1 Å². The van der Waals surface area contributed by atoms with Gasteiger partial charge in [0.2, 0.25) is 0 Å². The first-order valence-corrected chi connectivity index (χ1v) is 5.89. The van der Waals surface area contributed by atoms with Gasteiger partial charge < -0.3 is 10.2 Å². The zero-order valence-electron chi connectivity index (χ0n) is 10.8. The third-order valence-corrected chi connectivity index (χ3v) is 2.57. The second kappa shape index (κ2) is 6.60. The molecule has 0 spiro atoms. The van der Waals surface area contributed by atoms with Crippen LogP contribution in [0.1, 0.15) is 24.7 Å². The molecule has 16 heavy (non-hydrogen) atoms. The molecule has 0 unspecified atom stereocenters. The largest absolute Gasteiger partial charge is 0.314 e. The molecular formula is C11H23N5. The van der Waals surface area contributed by atoms with Gasteiger partial charge in [0.1, 0.15) is 0 Å². The molecule has 1 rings (SSSR count). The van der Waals surface area contributed by atoms with Gasteiger partial charge in [-0.05, 0) is 40.5 Å². The fourth-order valence-corrected chi connectivity index (χ4v) is 1.78. The molecule has 5 heteroatoms. The van der Waals surface area contributed by atoms with Gasteiger partial charge in [-0.3, -0.25) is 0 Å². The fraction of sp³-hybridized carbons (Fsp3) is 0.818. The minimum Gasteiger partial charge on any atom is -0.314 e. The number of nitrogens with zero attached hydrogens (tertiary/aromatic N) is 4. The first-order valence-electron chi connectivity index (χ1n) is 5.89. The van der Waals surface area contributed by atoms with Crippen LogP contribution in [-0.2, 0) is 19.5 Å². The van der Waals surface area contributed by atoms with Gasteiger partial charge in [0.15, 0.2) is 0 Å². The predicted octanol–water partition coefficient (Wildman–Crippen LogP) is 0.512. The zero-order valence-corrected chi connectivity index (χ0v) is 10.8. The summed E-state index contributed by atoms with van der Waals surface area (Å²) in [5.41, 5.74) is 2.34. The molecule has 0 saturated carbocycles. The van der Waals surface area contributed by atoms with Crippen LogP contribution in [0.25, 0.3) is 0 Å². The molecule has 1 N–H and O–H groups in total. The highest BCUT2D eigenvalue weighted by Crippen LogP contribution is 2.07. The SMILES string of the molecule is CCc1c(CNC)nnn1CCCN(C)C. The monoisotopic (exact) mass is 225 g/mol. The summed E-state index contributed by atoms with van der Waals surface area (Å²) in [7, 11) is 6.12. The van der Waals surface area contributed by atoms with Crippen LogP contribution < -0.4 is 5.32 Å². The average molecular weight is 225 g/mol. The lowest BCUT2D eigenvalue weighted by Gasteiger charge is -2.10. The first kappa shape index (κ1) is 13.1. The summed E-state index contributed by atoms with van der Waals surface area (Å²) in [5, 5.41) is 11.5. The lowest BCUT2D eigenvalue weighted by Crippen LogP contribution is -2.16. The molecule has 0 aliphatic heterocycles. The van der Waals surface area contributed by atoms with Crippen molar-refractivity contribution in [3.63, 3.8) is 0 Å². The molecule has 0 fully saturated rings. The summed E-state index contributed by atoms with van der Waals surface area (Å²) in [6, 6.07) is 0. The highest BCUT2D eigenvalue weighted by Gasteiger charge is 2.09. The Hall–Kier alpha value is -0.940. The molecule has 5 nitrogen and oxygen atoms in total. The normalized spacial score (nSPS) is 11.3. The Morgan fingerprint density at radius 3 is 2.69 bits per heavy atom. The summed E-state index contributed by atoms with van der Waals surface area (Å²) in [6.07, 6.45) is 2.11. The van der Waals surface area contributed by atoms with Gasteiger partial charge in [0, 0.05) is 13.1 Å². The summed E-state index contributed by atoms with van der Waals surface area (Å²) in [5.74, 6) is 0. The molecule has 0 radical (unpaired) electrons. The Morgan fingerprint density at radius 2 is 2.12 bits per heavy atom. The van der Waals surface area contributed by atoms with E-state index in [1.54, 1.807) is 0 Å². The number of aromatic nitrogens is 3. The van der Waals surface area contributed by atoms with Crippen molar-refractivity contribution < 1.29 is 0 Å². The Kier molecular flexibility index (Phi) is 5.42. The van der Waals surface area contributed by atoms with Crippen molar-refractivity contribution in [2.75, 3.05) is 27.7 Å². The van der Waals surface area contributed by atoms with Crippen LogP contribution in [0.15, 0.2) is 0 Å². The number of hydrogen-bond donors (Lipinski definition) is 1. The Morgan fingerprint density at radius 1 is 1.38 bits per heavy atom. The maximum absolute atomic E-state index is 4.21. The molecule has 0 aliphatic carbocycles. The van der Waals surface area contributed by atoms with Crippen LogP contribution in [0.3, 0.4) is 0 Å².